The summed E-state index contributed by atoms with van der Waals surface area (Å²) in [5.74, 6) is 0. The zero-order valence-electron chi connectivity index (χ0n) is 9.11. The van der Waals surface area contributed by atoms with Crippen molar-refractivity contribution in [2.75, 3.05) is 4.43 Å². The molecule has 0 spiro atoms. The Balaban J connectivity index is 5.26. The van der Waals surface area contributed by atoms with Crippen LogP contribution >= 0.6 is 22.6 Å². The minimum atomic E-state index is -5.23. The molecule has 0 aromatic rings. The molecule has 0 bridgehead atoms. The van der Waals surface area contributed by atoms with Gasteiger partial charge in [0.15, 0.2) is 0 Å². The Kier molecular flexibility index (Phi) is 6.67. The Morgan fingerprint density at radius 2 is 1.29 bits per heavy atom. The van der Waals surface area contributed by atoms with E-state index in [2.05, 4.69) is 0 Å². The first-order chi connectivity index (χ1) is 7.27. The Morgan fingerprint density at radius 1 is 0.941 bits per heavy atom. The van der Waals surface area contributed by atoms with Crippen molar-refractivity contribution in [3.63, 3.8) is 0 Å². The first-order valence-electron chi connectivity index (χ1n) is 4.36. The molecule has 0 aromatic heterocycles. The second kappa shape index (κ2) is 6.04. The van der Waals surface area contributed by atoms with E-state index in [0.717, 1.165) is 0 Å². The van der Waals surface area contributed by atoms with Gasteiger partial charge in [-0.2, -0.15) is 0 Å². The van der Waals surface area contributed by atoms with Gasteiger partial charge in [-0.25, -0.2) is 0 Å². The third-order valence-electron chi connectivity index (χ3n) is 1.52. The molecule has 17 heavy (non-hydrogen) atoms. The van der Waals surface area contributed by atoms with E-state index in [1.165, 1.54) is 13.8 Å². The number of rotatable bonds is 4. The van der Waals surface area contributed by atoms with Crippen molar-refractivity contribution >= 4 is 22.6 Å². The summed E-state index contributed by atoms with van der Waals surface area (Å²) in [5.41, 5.74) is 0. The molecule has 0 N–H and O–H groups in total. The molecule has 0 amide bonds. The standard InChI is InChI=1S/C8H11F6I3/c1-4-16-5(2,3)17-6(15,7(9,10)11)8(12,13)14/h4H2,1-3H3/q-2. The summed E-state index contributed by atoms with van der Waals surface area (Å²) in [6, 6.07) is 0. The second-order valence-electron chi connectivity index (χ2n) is 3.39. The van der Waals surface area contributed by atoms with Crippen molar-refractivity contribution in [2.45, 2.75) is 36.0 Å². The molecule has 0 rings (SSSR count). The monoisotopic (exact) mass is 602 g/mol. The fourth-order valence-electron chi connectivity index (χ4n) is 0.921. The fourth-order valence-corrected chi connectivity index (χ4v) is 16.2. The van der Waals surface area contributed by atoms with E-state index in [0.29, 0.717) is 27.0 Å². The van der Waals surface area contributed by atoms with Crippen LogP contribution in [0.1, 0.15) is 20.8 Å². The number of halogens is 9. The van der Waals surface area contributed by atoms with Gasteiger partial charge < -0.3 is 0 Å². The summed E-state index contributed by atoms with van der Waals surface area (Å²) in [4.78, 5) is 0. The molecule has 108 valence electrons. The Hall–Kier alpha value is 1.77. The molecule has 0 aliphatic rings. The normalized spacial score (nSPS) is 15.6. The third-order valence-corrected chi connectivity index (χ3v) is 13.2. The average molecular weight is 602 g/mol. The molecule has 0 nitrogen and oxygen atoms in total. The number of hydrogen-bond acceptors (Lipinski definition) is 0. The molecular formula is C8H11F6I3-2. The van der Waals surface area contributed by atoms with Gasteiger partial charge >= 0.3 is 132 Å². The molecule has 0 unspecified atom stereocenters. The van der Waals surface area contributed by atoms with E-state index in [-0.39, 0.29) is 0 Å². The van der Waals surface area contributed by atoms with Gasteiger partial charge in [0.05, 0.1) is 0 Å². The maximum absolute atomic E-state index is 12.7. The van der Waals surface area contributed by atoms with Crippen LogP contribution in [0.4, 0.5) is 26.3 Å². The Morgan fingerprint density at radius 3 is 1.53 bits per heavy atom. The van der Waals surface area contributed by atoms with Crippen LogP contribution in [0.3, 0.4) is 0 Å². The van der Waals surface area contributed by atoms with E-state index in [1.54, 1.807) is 6.92 Å². The minimum absolute atomic E-state index is 0.570. The van der Waals surface area contributed by atoms with Crippen molar-refractivity contribution in [1.29, 1.82) is 0 Å². The van der Waals surface area contributed by atoms with E-state index < -0.39 is 57.6 Å². The van der Waals surface area contributed by atoms with Crippen LogP contribution < -0.4 is 42.4 Å². The molecule has 0 aliphatic carbocycles. The van der Waals surface area contributed by atoms with Gasteiger partial charge in [-0.1, -0.05) is 0 Å². The molecule has 0 aliphatic heterocycles. The van der Waals surface area contributed by atoms with Crippen LogP contribution in [-0.4, -0.2) is 19.6 Å². The van der Waals surface area contributed by atoms with E-state index >= 15 is 0 Å². The first kappa shape index (κ1) is 18.8. The summed E-state index contributed by atoms with van der Waals surface area (Å²) >= 11 is -2.14. The topological polar surface area (TPSA) is 0 Å². The molecular weight excluding hydrogens is 591 g/mol. The van der Waals surface area contributed by atoms with Gasteiger partial charge in [0.1, 0.15) is 0 Å². The van der Waals surface area contributed by atoms with Gasteiger partial charge in [-0.3, -0.25) is 0 Å². The molecule has 0 fully saturated rings. The van der Waals surface area contributed by atoms with Gasteiger partial charge in [0, 0.05) is 0 Å². The van der Waals surface area contributed by atoms with Gasteiger partial charge in [-0.05, 0) is 0 Å². The van der Waals surface area contributed by atoms with Crippen molar-refractivity contribution in [3.8, 4) is 0 Å². The second-order valence-corrected chi connectivity index (χ2v) is 19.0. The Labute approximate surface area is 130 Å². The SMILES string of the molecule is CC[I-]C(C)(C)[I-]C(I)(C(F)(F)F)C(F)(F)F. The number of hydrogen-bond donors (Lipinski definition) is 0. The third kappa shape index (κ3) is 4.99. The summed E-state index contributed by atoms with van der Waals surface area (Å²) in [6.45, 7) is 4.86. The fraction of sp³-hybridized carbons (Fsp3) is 1.00. The quantitative estimate of drug-likeness (QED) is 0.202. The van der Waals surface area contributed by atoms with Gasteiger partial charge in [0.2, 0.25) is 0 Å². The number of alkyl halides is 11. The van der Waals surface area contributed by atoms with Crippen molar-refractivity contribution in [3.05, 3.63) is 0 Å². The van der Waals surface area contributed by atoms with Crippen molar-refractivity contribution in [1.82, 2.24) is 0 Å². The van der Waals surface area contributed by atoms with Gasteiger partial charge in [0.25, 0.3) is 0 Å². The van der Waals surface area contributed by atoms with Crippen LogP contribution in [0, 0.1) is 0 Å². The summed E-state index contributed by atoms with van der Waals surface area (Å²) in [5, 5.41) is 0. The van der Waals surface area contributed by atoms with E-state index in [4.69, 9.17) is 0 Å². The van der Waals surface area contributed by atoms with Crippen LogP contribution in [0.5, 0.6) is 0 Å². The van der Waals surface area contributed by atoms with Crippen molar-refractivity contribution in [2.24, 2.45) is 0 Å². The molecule has 0 saturated carbocycles. The maximum atomic E-state index is 12.7. The zero-order valence-corrected chi connectivity index (χ0v) is 15.6. The van der Waals surface area contributed by atoms with Crippen LogP contribution in [0.15, 0.2) is 0 Å². The summed E-state index contributed by atoms with van der Waals surface area (Å²) < 4.78 is 72.5. The summed E-state index contributed by atoms with van der Waals surface area (Å²) in [6.07, 6.45) is -10.5. The summed E-state index contributed by atoms with van der Waals surface area (Å²) in [7, 11) is 0. The van der Waals surface area contributed by atoms with E-state index in [1.807, 2.05) is 0 Å². The van der Waals surface area contributed by atoms with Gasteiger partial charge in [-0.15, -0.1) is 0 Å². The predicted octanol–water partition coefficient (Wildman–Crippen LogP) is -1.82. The van der Waals surface area contributed by atoms with Crippen LogP contribution in [-0.2, 0) is 0 Å². The molecule has 0 radical (unpaired) electrons. The van der Waals surface area contributed by atoms with Crippen LogP contribution in [0.25, 0.3) is 0 Å². The first-order valence-corrected chi connectivity index (χ1v) is 10.2. The predicted molar refractivity (Wildman–Crippen MR) is 53.5 cm³/mol. The van der Waals surface area contributed by atoms with Crippen molar-refractivity contribution < 1.29 is 68.8 Å². The molecule has 0 saturated heterocycles. The molecule has 0 atom stereocenters. The average Bonchev–Trinajstić information content (AvgIpc) is 1.97. The molecule has 0 aromatic carbocycles. The van der Waals surface area contributed by atoms with Crippen LogP contribution in [0.2, 0.25) is 0 Å². The Bertz CT molecular complexity index is 243. The van der Waals surface area contributed by atoms with E-state index in [9.17, 15) is 26.3 Å². The molecule has 0 heterocycles. The zero-order chi connectivity index (χ0) is 14.1. The molecule has 9 heteroatoms.